The average Bonchev–Trinajstić information content (AvgIpc) is 2.99. The summed E-state index contributed by atoms with van der Waals surface area (Å²) in [6, 6.07) is 17.6. The van der Waals surface area contributed by atoms with Gasteiger partial charge < -0.3 is 9.64 Å². The molecule has 0 bridgehead atoms. The van der Waals surface area contributed by atoms with Crippen molar-refractivity contribution < 1.29 is 4.74 Å². The number of hydrogen-bond acceptors (Lipinski definition) is 5. The van der Waals surface area contributed by atoms with Crippen LogP contribution >= 0.6 is 12.2 Å². The Balaban J connectivity index is 1.74. The average molecular weight is 353 g/mol. The van der Waals surface area contributed by atoms with Crippen LogP contribution in [0.3, 0.4) is 0 Å². The van der Waals surface area contributed by atoms with Gasteiger partial charge in [-0.25, -0.2) is 5.10 Å². The summed E-state index contributed by atoms with van der Waals surface area (Å²) in [6.07, 6.45) is 1.75. The summed E-state index contributed by atoms with van der Waals surface area (Å²) in [7, 11) is 4.01. The molecule has 1 aromatic heterocycles. The third-order valence-electron chi connectivity index (χ3n) is 3.56. The van der Waals surface area contributed by atoms with Gasteiger partial charge in [-0.05, 0) is 42.0 Å². The normalized spacial score (nSPS) is 11.0. The highest BCUT2D eigenvalue weighted by Gasteiger charge is 2.06. The number of aromatic amines is 1. The van der Waals surface area contributed by atoms with E-state index in [0.29, 0.717) is 10.6 Å². The number of aromatic nitrogens is 3. The van der Waals surface area contributed by atoms with Crippen LogP contribution in [0.25, 0.3) is 0 Å². The van der Waals surface area contributed by atoms with Crippen molar-refractivity contribution in [2.75, 3.05) is 19.0 Å². The molecule has 6 nitrogen and oxygen atoms in total. The van der Waals surface area contributed by atoms with Crippen molar-refractivity contribution in [1.29, 1.82) is 0 Å². The monoisotopic (exact) mass is 353 g/mol. The van der Waals surface area contributed by atoms with Gasteiger partial charge in [0.2, 0.25) is 4.77 Å². The number of benzene rings is 2. The summed E-state index contributed by atoms with van der Waals surface area (Å²) >= 11 is 5.24. The highest BCUT2D eigenvalue weighted by Crippen LogP contribution is 2.12. The van der Waals surface area contributed by atoms with Crippen LogP contribution in [0.1, 0.15) is 11.4 Å². The second-order valence-electron chi connectivity index (χ2n) is 5.59. The van der Waals surface area contributed by atoms with E-state index in [0.717, 1.165) is 17.0 Å². The standard InChI is InChI=1S/C18H19N5OS/c1-22(2)15-10-8-14(9-11-15)12-19-23-17(20-21-18(23)25)13-24-16-6-4-3-5-7-16/h3-12H,13H2,1-2H3,(H,21,25). The van der Waals surface area contributed by atoms with Crippen LogP contribution in [0.5, 0.6) is 5.75 Å². The van der Waals surface area contributed by atoms with Gasteiger partial charge >= 0.3 is 0 Å². The first-order chi connectivity index (χ1) is 12.1. The summed E-state index contributed by atoms with van der Waals surface area (Å²) in [5.41, 5.74) is 2.11. The molecule has 3 rings (SSSR count). The van der Waals surface area contributed by atoms with Crippen molar-refractivity contribution in [3.63, 3.8) is 0 Å². The Morgan fingerprint density at radius 3 is 2.56 bits per heavy atom. The molecule has 0 aliphatic rings. The zero-order valence-electron chi connectivity index (χ0n) is 14.1. The maximum atomic E-state index is 5.71. The molecule has 0 atom stereocenters. The molecular formula is C18H19N5OS. The largest absolute Gasteiger partial charge is 0.486 e. The lowest BCUT2D eigenvalue weighted by atomic mass is 10.2. The SMILES string of the molecule is CN(C)c1ccc(C=Nn2c(COc3ccccc3)n[nH]c2=S)cc1. The topological polar surface area (TPSA) is 58.4 Å². The van der Waals surface area contributed by atoms with Crippen LogP contribution in [0.15, 0.2) is 59.7 Å². The number of H-pyrrole nitrogens is 1. The lowest BCUT2D eigenvalue weighted by Crippen LogP contribution is -2.08. The number of para-hydroxylation sites is 1. The van der Waals surface area contributed by atoms with Gasteiger partial charge in [-0.3, -0.25) is 0 Å². The van der Waals surface area contributed by atoms with Gasteiger partial charge in [-0.15, -0.1) is 0 Å². The molecule has 0 spiro atoms. The fourth-order valence-electron chi connectivity index (χ4n) is 2.18. The van der Waals surface area contributed by atoms with Gasteiger partial charge in [-0.1, -0.05) is 30.3 Å². The Bertz CT molecular complexity index is 897. The second-order valence-corrected chi connectivity index (χ2v) is 5.98. The minimum atomic E-state index is 0.272. The lowest BCUT2D eigenvalue weighted by molar-refractivity contribution is 0.290. The fourth-order valence-corrected chi connectivity index (χ4v) is 2.38. The second kappa shape index (κ2) is 7.76. The summed E-state index contributed by atoms with van der Waals surface area (Å²) in [5.74, 6) is 1.38. The van der Waals surface area contributed by atoms with Crippen LogP contribution in [-0.2, 0) is 6.61 Å². The summed E-state index contributed by atoms with van der Waals surface area (Å²) in [5, 5.41) is 11.4. The van der Waals surface area contributed by atoms with Crippen molar-refractivity contribution in [3.05, 3.63) is 70.8 Å². The molecule has 1 N–H and O–H groups in total. The van der Waals surface area contributed by atoms with Crippen molar-refractivity contribution in [3.8, 4) is 5.75 Å². The van der Waals surface area contributed by atoms with Crippen LogP contribution in [-0.4, -0.2) is 35.2 Å². The molecule has 0 amide bonds. The highest BCUT2D eigenvalue weighted by molar-refractivity contribution is 7.71. The predicted molar refractivity (Wildman–Crippen MR) is 102 cm³/mol. The predicted octanol–water partition coefficient (Wildman–Crippen LogP) is 3.47. The number of ether oxygens (including phenoxy) is 1. The first-order valence-electron chi connectivity index (χ1n) is 7.79. The van der Waals surface area contributed by atoms with E-state index in [4.69, 9.17) is 17.0 Å². The summed E-state index contributed by atoms with van der Waals surface area (Å²) in [4.78, 5) is 2.05. The maximum absolute atomic E-state index is 5.71. The molecule has 25 heavy (non-hydrogen) atoms. The summed E-state index contributed by atoms with van der Waals surface area (Å²) in [6.45, 7) is 0.272. The van der Waals surface area contributed by atoms with Gasteiger partial charge in [0, 0.05) is 19.8 Å². The third kappa shape index (κ3) is 4.33. The molecule has 0 aliphatic carbocycles. The Labute approximate surface area is 151 Å². The van der Waals surface area contributed by atoms with E-state index in [9.17, 15) is 0 Å². The molecule has 0 radical (unpaired) electrons. The molecule has 0 saturated carbocycles. The molecule has 2 aromatic carbocycles. The molecule has 0 saturated heterocycles. The molecule has 0 unspecified atom stereocenters. The van der Waals surface area contributed by atoms with E-state index in [1.807, 2.05) is 73.6 Å². The first-order valence-corrected chi connectivity index (χ1v) is 8.20. The van der Waals surface area contributed by atoms with Gasteiger partial charge in [0.25, 0.3) is 0 Å². The smallest absolute Gasteiger partial charge is 0.216 e. The van der Waals surface area contributed by atoms with Gasteiger partial charge in [-0.2, -0.15) is 14.9 Å². The van der Waals surface area contributed by atoms with Crippen LogP contribution < -0.4 is 9.64 Å². The Kier molecular flexibility index (Phi) is 5.25. The van der Waals surface area contributed by atoms with Crippen LogP contribution in [0.2, 0.25) is 0 Å². The van der Waals surface area contributed by atoms with Gasteiger partial charge in [0.05, 0.1) is 6.21 Å². The first kappa shape index (κ1) is 16.9. The van der Waals surface area contributed by atoms with Crippen molar-refractivity contribution >= 4 is 24.1 Å². The number of nitrogens with zero attached hydrogens (tertiary/aromatic N) is 4. The molecule has 1 heterocycles. The van der Waals surface area contributed by atoms with Crippen molar-refractivity contribution in [2.45, 2.75) is 6.61 Å². The Hall–Kier alpha value is -2.93. The fraction of sp³-hybridized carbons (Fsp3) is 0.167. The molecule has 7 heteroatoms. The maximum Gasteiger partial charge on any atom is 0.216 e. The third-order valence-corrected chi connectivity index (χ3v) is 3.82. The number of anilines is 1. The zero-order valence-corrected chi connectivity index (χ0v) is 14.9. The number of rotatable bonds is 6. The minimum Gasteiger partial charge on any atom is -0.486 e. The van der Waals surface area contributed by atoms with Crippen LogP contribution in [0, 0.1) is 4.77 Å². The lowest BCUT2D eigenvalue weighted by Gasteiger charge is -2.11. The molecule has 0 aliphatic heterocycles. The van der Waals surface area contributed by atoms with E-state index in [1.54, 1.807) is 10.9 Å². The van der Waals surface area contributed by atoms with Crippen molar-refractivity contribution in [1.82, 2.24) is 14.9 Å². The van der Waals surface area contributed by atoms with Gasteiger partial charge in [0.15, 0.2) is 5.82 Å². The number of hydrogen-bond donors (Lipinski definition) is 1. The van der Waals surface area contributed by atoms with Gasteiger partial charge in [0.1, 0.15) is 12.4 Å². The molecule has 0 fully saturated rings. The van der Waals surface area contributed by atoms with Crippen molar-refractivity contribution in [2.24, 2.45) is 5.10 Å². The Morgan fingerprint density at radius 1 is 1.16 bits per heavy atom. The number of nitrogens with one attached hydrogen (secondary N) is 1. The summed E-state index contributed by atoms with van der Waals surface area (Å²) < 4.78 is 7.70. The van der Waals surface area contributed by atoms with E-state index < -0.39 is 0 Å². The molecular weight excluding hydrogens is 334 g/mol. The minimum absolute atomic E-state index is 0.272. The molecule has 3 aromatic rings. The van der Waals surface area contributed by atoms with E-state index in [-0.39, 0.29) is 6.61 Å². The quantitative estimate of drug-likeness (QED) is 0.545. The molecule has 128 valence electrons. The highest BCUT2D eigenvalue weighted by atomic mass is 32.1. The Morgan fingerprint density at radius 2 is 1.88 bits per heavy atom. The van der Waals surface area contributed by atoms with E-state index >= 15 is 0 Å². The zero-order chi connectivity index (χ0) is 17.6. The van der Waals surface area contributed by atoms with Crippen LogP contribution in [0.4, 0.5) is 5.69 Å². The van der Waals surface area contributed by atoms with E-state index in [1.165, 1.54) is 0 Å². The van der Waals surface area contributed by atoms with E-state index in [2.05, 4.69) is 15.3 Å².